The van der Waals surface area contributed by atoms with Gasteiger partial charge in [-0.15, -0.1) is 11.3 Å². The number of nitrogens with one attached hydrogen (secondary N) is 1. The molecule has 1 aliphatic heterocycles. The van der Waals surface area contributed by atoms with Crippen LogP contribution in [0.3, 0.4) is 0 Å². The molecule has 10 heteroatoms. The van der Waals surface area contributed by atoms with E-state index in [0.717, 1.165) is 6.42 Å². The average molecular weight is 409 g/mol. The standard InChI is InChI=1S/C17H17ClN4O4S/c1-10(16(25)21-13-5-4-11(18)8-19-13)26-15(24)7-12-9-27-17(20-12)22-6-2-3-14(22)23/h4-5,8-10H,2-3,6-7H2,1H3,(H,19,21,25)/t10-/m0/s1. The largest absolute Gasteiger partial charge is 0.452 e. The van der Waals surface area contributed by atoms with Crippen molar-refractivity contribution >= 4 is 51.7 Å². The lowest BCUT2D eigenvalue weighted by Crippen LogP contribution is -2.30. The van der Waals surface area contributed by atoms with Crippen LogP contribution in [0.25, 0.3) is 0 Å². The lowest BCUT2D eigenvalue weighted by molar-refractivity contribution is -0.152. The van der Waals surface area contributed by atoms with Gasteiger partial charge >= 0.3 is 5.97 Å². The van der Waals surface area contributed by atoms with Crippen molar-refractivity contribution in [3.05, 3.63) is 34.4 Å². The number of anilines is 2. The van der Waals surface area contributed by atoms with Gasteiger partial charge in [0.2, 0.25) is 5.91 Å². The van der Waals surface area contributed by atoms with Gasteiger partial charge in [-0.25, -0.2) is 9.97 Å². The van der Waals surface area contributed by atoms with Crippen LogP contribution in [-0.4, -0.2) is 40.4 Å². The van der Waals surface area contributed by atoms with Crippen molar-refractivity contribution in [1.82, 2.24) is 9.97 Å². The lowest BCUT2D eigenvalue weighted by atomic mass is 10.3. The highest BCUT2D eigenvalue weighted by molar-refractivity contribution is 7.14. The highest BCUT2D eigenvalue weighted by Gasteiger charge is 2.25. The van der Waals surface area contributed by atoms with Gasteiger partial charge in [0, 0.05) is 24.5 Å². The molecule has 1 fully saturated rings. The molecule has 1 aliphatic rings. The van der Waals surface area contributed by atoms with Crippen LogP contribution < -0.4 is 10.2 Å². The Morgan fingerprint density at radius 3 is 2.93 bits per heavy atom. The minimum absolute atomic E-state index is 0.0413. The van der Waals surface area contributed by atoms with E-state index in [1.54, 1.807) is 22.4 Å². The molecule has 2 amide bonds. The van der Waals surface area contributed by atoms with Gasteiger partial charge in [0.25, 0.3) is 5.91 Å². The number of rotatable bonds is 6. The molecule has 0 radical (unpaired) electrons. The van der Waals surface area contributed by atoms with Crippen molar-refractivity contribution in [2.24, 2.45) is 0 Å². The van der Waals surface area contributed by atoms with Crippen molar-refractivity contribution in [3.63, 3.8) is 0 Å². The number of ether oxygens (including phenoxy) is 1. The van der Waals surface area contributed by atoms with Gasteiger partial charge in [-0.3, -0.25) is 19.3 Å². The highest BCUT2D eigenvalue weighted by atomic mass is 35.5. The van der Waals surface area contributed by atoms with Crippen LogP contribution in [0.1, 0.15) is 25.5 Å². The number of nitrogens with zero attached hydrogens (tertiary/aromatic N) is 3. The fourth-order valence-corrected chi connectivity index (χ4v) is 3.45. The summed E-state index contributed by atoms with van der Waals surface area (Å²) in [6, 6.07) is 3.14. The fraction of sp³-hybridized carbons (Fsp3) is 0.353. The number of carbonyl (C=O) groups excluding carboxylic acids is 3. The molecule has 2 aromatic rings. The van der Waals surface area contributed by atoms with Crippen LogP contribution in [0.2, 0.25) is 5.02 Å². The molecule has 0 spiro atoms. The average Bonchev–Trinajstić information content (AvgIpc) is 3.25. The predicted molar refractivity (Wildman–Crippen MR) is 101 cm³/mol. The second kappa shape index (κ2) is 8.45. The first-order valence-electron chi connectivity index (χ1n) is 8.29. The molecule has 0 saturated carbocycles. The van der Waals surface area contributed by atoms with E-state index in [1.165, 1.54) is 24.5 Å². The number of amides is 2. The third-order valence-corrected chi connectivity index (χ3v) is 4.96. The number of thiazole rings is 1. The number of aromatic nitrogens is 2. The number of esters is 1. The number of halogens is 1. The maximum Gasteiger partial charge on any atom is 0.312 e. The normalized spacial score (nSPS) is 14.9. The topological polar surface area (TPSA) is 101 Å². The van der Waals surface area contributed by atoms with E-state index in [9.17, 15) is 14.4 Å². The Balaban J connectivity index is 1.51. The van der Waals surface area contributed by atoms with Crippen LogP contribution in [0.15, 0.2) is 23.7 Å². The Morgan fingerprint density at radius 2 is 2.26 bits per heavy atom. The maximum atomic E-state index is 12.1. The Hall–Kier alpha value is -2.52. The summed E-state index contributed by atoms with van der Waals surface area (Å²) in [6.45, 7) is 2.12. The van der Waals surface area contributed by atoms with E-state index in [0.29, 0.717) is 34.6 Å². The molecule has 142 valence electrons. The van der Waals surface area contributed by atoms with E-state index in [1.807, 2.05) is 0 Å². The zero-order valence-electron chi connectivity index (χ0n) is 14.5. The van der Waals surface area contributed by atoms with E-state index < -0.39 is 18.0 Å². The third-order valence-electron chi connectivity index (χ3n) is 3.83. The molecule has 27 heavy (non-hydrogen) atoms. The van der Waals surface area contributed by atoms with Crippen LogP contribution in [-0.2, 0) is 25.5 Å². The van der Waals surface area contributed by atoms with Gasteiger partial charge in [0.1, 0.15) is 5.82 Å². The first kappa shape index (κ1) is 19.2. The van der Waals surface area contributed by atoms with E-state index in [4.69, 9.17) is 16.3 Å². The Labute approximate surface area is 164 Å². The molecule has 3 rings (SSSR count). The van der Waals surface area contributed by atoms with Crippen molar-refractivity contribution in [1.29, 1.82) is 0 Å². The molecule has 0 aromatic carbocycles. The summed E-state index contributed by atoms with van der Waals surface area (Å²) >= 11 is 7.05. The molecule has 2 aromatic heterocycles. The van der Waals surface area contributed by atoms with Crippen LogP contribution in [0.5, 0.6) is 0 Å². The molecule has 1 saturated heterocycles. The van der Waals surface area contributed by atoms with Gasteiger partial charge in [-0.1, -0.05) is 11.6 Å². The molecule has 0 unspecified atom stereocenters. The Bertz CT molecular complexity index is 855. The summed E-state index contributed by atoms with van der Waals surface area (Å²) < 4.78 is 5.15. The first-order valence-corrected chi connectivity index (χ1v) is 9.55. The summed E-state index contributed by atoms with van der Waals surface area (Å²) in [5, 5.41) is 5.29. The van der Waals surface area contributed by atoms with Crippen LogP contribution in [0.4, 0.5) is 10.9 Å². The summed E-state index contributed by atoms with van der Waals surface area (Å²) in [4.78, 5) is 45.8. The van der Waals surface area contributed by atoms with E-state index in [-0.39, 0.29) is 12.3 Å². The molecule has 0 aliphatic carbocycles. The zero-order valence-corrected chi connectivity index (χ0v) is 16.0. The minimum atomic E-state index is -0.992. The molecule has 8 nitrogen and oxygen atoms in total. The minimum Gasteiger partial charge on any atom is -0.452 e. The van der Waals surface area contributed by atoms with Crippen LogP contribution >= 0.6 is 22.9 Å². The molecule has 3 heterocycles. The second-order valence-corrected chi connectivity index (χ2v) is 7.20. The van der Waals surface area contributed by atoms with Gasteiger partial charge < -0.3 is 10.1 Å². The lowest BCUT2D eigenvalue weighted by Gasteiger charge is -2.13. The first-order chi connectivity index (χ1) is 12.9. The second-order valence-electron chi connectivity index (χ2n) is 5.93. The Morgan fingerprint density at radius 1 is 1.44 bits per heavy atom. The molecule has 1 atom stereocenters. The van der Waals surface area contributed by atoms with E-state index >= 15 is 0 Å². The predicted octanol–water partition coefficient (Wildman–Crippen LogP) is 2.43. The van der Waals surface area contributed by atoms with Gasteiger partial charge in [-0.05, 0) is 25.5 Å². The van der Waals surface area contributed by atoms with Gasteiger partial charge in [-0.2, -0.15) is 0 Å². The van der Waals surface area contributed by atoms with Crippen molar-refractivity contribution in [2.75, 3.05) is 16.8 Å². The quantitative estimate of drug-likeness (QED) is 0.736. The van der Waals surface area contributed by atoms with Crippen molar-refractivity contribution in [2.45, 2.75) is 32.3 Å². The number of hydrogen-bond donors (Lipinski definition) is 1. The Kier molecular flexibility index (Phi) is 6.02. The number of pyridine rings is 1. The van der Waals surface area contributed by atoms with Crippen LogP contribution in [0, 0.1) is 0 Å². The zero-order chi connectivity index (χ0) is 19.4. The highest BCUT2D eigenvalue weighted by Crippen LogP contribution is 2.25. The third kappa shape index (κ3) is 5.01. The van der Waals surface area contributed by atoms with Crippen molar-refractivity contribution < 1.29 is 19.1 Å². The number of hydrogen-bond acceptors (Lipinski definition) is 7. The summed E-state index contributed by atoms with van der Waals surface area (Å²) in [5.41, 5.74) is 0.506. The molecule has 1 N–H and O–H groups in total. The summed E-state index contributed by atoms with van der Waals surface area (Å²) in [6.07, 6.45) is 1.67. The van der Waals surface area contributed by atoms with E-state index in [2.05, 4.69) is 15.3 Å². The summed E-state index contributed by atoms with van der Waals surface area (Å²) in [5.74, 6) is -0.725. The summed E-state index contributed by atoms with van der Waals surface area (Å²) in [7, 11) is 0. The maximum absolute atomic E-state index is 12.1. The van der Waals surface area contributed by atoms with Crippen molar-refractivity contribution in [3.8, 4) is 0 Å². The monoisotopic (exact) mass is 408 g/mol. The smallest absolute Gasteiger partial charge is 0.312 e. The van der Waals surface area contributed by atoms with Gasteiger partial charge in [0.15, 0.2) is 11.2 Å². The van der Waals surface area contributed by atoms with Gasteiger partial charge in [0.05, 0.1) is 17.1 Å². The molecular formula is C17H17ClN4O4S. The fourth-order valence-electron chi connectivity index (χ4n) is 2.47. The molecule has 0 bridgehead atoms. The SMILES string of the molecule is C[C@H](OC(=O)Cc1csc(N2CCCC2=O)n1)C(=O)Nc1ccc(Cl)cn1. The number of carbonyl (C=O) groups is 3. The molecular weight excluding hydrogens is 392 g/mol.